The number of anilines is 2. The van der Waals surface area contributed by atoms with E-state index in [1.807, 2.05) is 38.1 Å². The first kappa shape index (κ1) is 24.7. The molecule has 8 heteroatoms. The van der Waals surface area contributed by atoms with Crippen LogP contribution < -0.4 is 15.4 Å². The van der Waals surface area contributed by atoms with E-state index in [1.165, 1.54) is 0 Å². The molecule has 0 spiro atoms. The fourth-order valence-corrected chi connectivity index (χ4v) is 4.68. The van der Waals surface area contributed by atoms with Gasteiger partial charge < -0.3 is 25.0 Å². The fourth-order valence-electron chi connectivity index (χ4n) is 4.68. The predicted octanol–water partition coefficient (Wildman–Crippen LogP) is 4.14. The van der Waals surface area contributed by atoms with Crippen LogP contribution in [0.2, 0.25) is 0 Å². The molecule has 0 radical (unpaired) electrons. The van der Waals surface area contributed by atoms with Gasteiger partial charge in [-0.05, 0) is 56.0 Å². The van der Waals surface area contributed by atoms with Gasteiger partial charge in [0.05, 0.1) is 24.1 Å². The van der Waals surface area contributed by atoms with Crippen LogP contribution in [0.25, 0.3) is 0 Å². The Morgan fingerprint density at radius 1 is 1.09 bits per heavy atom. The van der Waals surface area contributed by atoms with E-state index in [-0.39, 0.29) is 49.0 Å². The number of nitrogens with one attached hydrogen (secondary N) is 2. The maximum absolute atomic E-state index is 13.3. The van der Waals surface area contributed by atoms with Crippen LogP contribution in [-0.4, -0.2) is 54.5 Å². The topological polar surface area (TPSA) is 97.0 Å². The Hall–Kier alpha value is -3.39. The van der Waals surface area contributed by atoms with Crippen molar-refractivity contribution in [3.05, 3.63) is 53.6 Å². The number of fused-ring (bicyclic) bond motifs is 2. The van der Waals surface area contributed by atoms with E-state index in [4.69, 9.17) is 9.47 Å². The zero-order valence-electron chi connectivity index (χ0n) is 20.5. The molecule has 2 aromatic carbocycles. The fraction of sp³-hybridized carbons (Fsp3) is 0.444. The zero-order valence-corrected chi connectivity index (χ0v) is 20.5. The van der Waals surface area contributed by atoms with E-state index < -0.39 is 0 Å². The predicted molar refractivity (Wildman–Crippen MR) is 134 cm³/mol. The van der Waals surface area contributed by atoms with Crippen molar-refractivity contribution in [3.8, 4) is 5.75 Å². The number of carbonyl (C=O) groups is 3. The second kappa shape index (κ2) is 10.9. The SMILES string of the molecule is CCCC(=O)Nc1ccc2c(c1)C(=O)N(C)[C@H]1CC[C@H](CC(=O)Nc3ccccc3C)O[C@@H]1CO2. The number of nitrogens with zero attached hydrogens (tertiary/aromatic N) is 1. The molecule has 186 valence electrons. The van der Waals surface area contributed by atoms with E-state index in [9.17, 15) is 14.4 Å². The number of rotatable bonds is 6. The molecule has 2 aromatic rings. The Morgan fingerprint density at radius 2 is 1.89 bits per heavy atom. The van der Waals surface area contributed by atoms with Crippen molar-refractivity contribution >= 4 is 29.1 Å². The van der Waals surface area contributed by atoms with Gasteiger partial charge in [-0.25, -0.2) is 0 Å². The van der Waals surface area contributed by atoms with Gasteiger partial charge in [-0.3, -0.25) is 14.4 Å². The van der Waals surface area contributed by atoms with Gasteiger partial charge in [-0.2, -0.15) is 0 Å². The van der Waals surface area contributed by atoms with Crippen LogP contribution in [0, 0.1) is 6.92 Å². The van der Waals surface area contributed by atoms with Gasteiger partial charge in [0.25, 0.3) is 5.91 Å². The Bertz CT molecular complexity index is 1100. The van der Waals surface area contributed by atoms with Crippen molar-refractivity contribution in [2.24, 2.45) is 0 Å². The van der Waals surface area contributed by atoms with Crippen molar-refractivity contribution in [2.45, 2.75) is 64.2 Å². The third kappa shape index (κ3) is 5.82. The average Bonchev–Trinajstić information content (AvgIpc) is 2.83. The van der Waals surface area contributed by atoms with E-state index in [0.717, 1.165) is 17.7 Å². The van der Waals surface area contributed by atoms with Gasteiger partial charge in [-0.1, -0.05) is 25.1 Å². The molecular weight excluding hydrogens is 446 g/mol. The maximum atomic E-state index is 13.3. The third-order valence-corrected chi connectivity index (χ3v) is 6.60. The Labute approximate surface area is 206 Å². The number of ether oxygens (including phenoxy) is 2. The summed E-state index contributed by atoms with van der Waals surface area (Å²) in [5, 5.41) is 5.80. The number of hydrogen-bond acceptors (Lipinski definition) is 5. The molecule has 4 rings (SSSR count). The molecule has 0 saturated carbocycles. The summed E-state index contributed by atoms with van der Waals surface area (Å²) in [6.07, 6.45) is 2.20. The van der Waals surface area contributed by atoms with Crippen molar-refractivity contribution < 1.29 is 23.9 Å². The molecule has 1 fully saturated rings. The summed E-state index contributed by atoms with van der Waals surface area (Å²) in [7, 11) is 1.77. The minimum absolute atomic E-state index is 0.0849. The van der Waals surface area contributed by atoms with Crippen molar-refractivity contribution in [1.82, 2.24) is 4.90 Å². The average molecular weight is 480 g/mol. The molecule has 35 heavy (non-hydrogen) atoms. The minimum Gasteiger partial charge on any atom is -0.490 e. The highest BCUT2D eigenvalue weighted by Crippen LogP contribution is 2.32. The minimum atomic E-state index is -0.342. The van der Waals surface area contributed by atoms with Gasteiger partial charge in [0, 0.05) is 24.8 Å². The summed E-state index contributed by atoms with van der Waals surface area (Å²) in [6, 6.07) is 12.6. The molecular formula is C27H33N3O5. The van der Waals surface area contributed by atoms with Crippen LogP contribution in [0.15, 0.2) is 42.5 Å². The van der Waals surface area contributed by atoms with Crippen LogP contribution in [0.5, 0.6) is 5.75 Å². The molecule has 2 heterocycles. The lowest BCUT2D eigenvalue weighted by Gasteiger charge is -2.42. The summed E-state index contributed by atoms with van der Waals surface area (Å²) in [5.74, 6) is 0.0950. The summed E-state index contributed by atoms with van der Waals surface area (Å²) < 4.78 is 12.3. The molecule has 3 atom stereocenters. The van der Waals surface area contributed by atoms with Crippen LogP contribution in [0.3, 0.4) is 0 Å². The van der Waals surface area contributed by atoms with E-state index >= 15 is 0 Å². The standard InChI is InChI=1S/C27H33N3O5/c1-4-7-25(31)28-18-10-13-23-20(14-18)27(33)30(3)22-12-11-19(35-24(22)16-34-23)15-26(32)29-21-9-6-5-8-17(21)2/h5-6,8-10,13-14,19,22,24H,4,7,11-12,15-16H2,1-3H3,(H,28,31)(H,29,32)/t19-,22+,24-/m1/s1. The van der Waals surface area contributed by atoms with Gasteiger partial charge in [-0.15, -0.1) is 0 Å². The zero-order chi connectivity index (χ0) is 24.9. The molecule has 0 unspecified atom stereocenters. The molecule has 3 amide bonds. The largest absolute Gasteiger partial charge is 0.490 e. The molecule has 8 nitrogen and oxygen atoms in total. The Morgan fingerprint density at radius 3 is 2.66 bits per heavy atom. The normalized spacial score (nSPS) is 21.6. The quantitative estimate of drug-likeness (QED) is 0.649. The van der Waals surface area contributed by atoms with E-state index in [2.05, 4.69) is 10.6 Å². The lowest BCUT2D eigenvalue weighted by atomic mass is 9.94. The summed E-state index contributed by atoms with van der Waals surface area (Å²) >= 11 is 0. The first-order chi connectivity index (χ1) is 16.9. The highest BCUT2D eigenvalue weighted by molar-refractivity contribution is 5.99. The third-order valence-electron chi connectivity index (χ3n) is 6.60. The van der Waals surface area contributed by atoms with Gasteiger partial charge in [0.15, 0.2) is 0 Å². The molecule has 2 aliphatic rings. The highest BCUT2D eigenvalue weighted by Gasteiger charge is 2.39. The number of likely N-dealkylation sites (N-methyl/N-ethyl adjacent to an activating group) is 1. The second-order valence-corrected chi connectivity index (χ2v) is 9.24. The molecule has 0 bridgehead atoms. The van der Waals surface area contributed by atoms with Crippen LogP contribution in [0.1, 0.15) is 54.9 Å². The van der Waals surface area contributed by atoms with Gasteiger partial charge in [0.2, 0.25) is 11.8 Å². The number of hydrogen-bond donors (Lipinski definition) is 2. The van der Waals surface area contributed by atoms with Crippen LogP contribution in [0.4, 0.5) is 11.4 Å². The molecule has 0 aliphatic carbocycles. The van der Waals surface area contributed by atoms with E-state index in [1.54, 1.807) is 30.1 Å². The lowest BCUT2D eigenvalue weighted by molar-refractivity contribution is -0.130. The highest BCUT2D eigenvalue weighted by atomic mass is 16.5. The first-order valence-electron chi connectivity index (χ1n) is 12.2. The summed E-state index contributed by atoms with van der Waals surface area (Å²) in [5.41, 5.74) is 2.79. The summed E-state index contributed by atoms with van der Waals surface area (Å²) in [6.45, 7) is 4.17. The number of benzene rings is 2. The number of amides is 3. The number of aryl methyl sites for hydroxylation is 1. The Balaban J connectivity index is 1.42. The van der Waals surface area contributed by atoms with Crippen molar-refractivity contribution in [2.75, 3.05) is 24.3 Å². The Kier molecular flexibility index (Phi) is 7.70. The van der Waals surface area contributed by atoms with Crippen molar-refractivity contribution in [1.29, 1.82) is 0 Å². The van der Waals surface area contributed by atoms with Crippen LogP contribution >= 0.6 is 0 Å². The van der Waals surface area contributed by atoms with Crippen LogP contribution in [-0.2, 0) is 14.3 Å². The van der Waals surface area contributed by atoms with Gasteiger partial charge in [0.1, 0.15) is 18.5 Å². The van der Waals surface area contributed by atoms with E-state index in [0.29, 0.717) is 36.3 Å². The second-order valence-electron chi connectivity index (χ2n) is 9.24. The summed E-state index contributed by atoms with van der Waals surface area (Å²) in [4.78, 5) is 39.6. The molecule has 2 aliphatic heterocycles. The number of para-hydroxylation sites is 1. The lowest BCUT2D eigenvalue weighted by Crippen LogP contribution is -2.53. The smallest absolute Gasteiger partial charge is 0.257 e. The van der Waals surface area contributed by atoms with Crippen molar-refractivity contribution in [3.63, 3.8) is 0 Å². The first-order valence-corrected chi connectivity index (χ1v) is 12.2. The monoisotopic (exact) mass is 479 g/mol. The number of carbonyl (C=O) groups excluding carboxylic acids is 3. The maximum Gasteiger partial charge on any atom is 0.257 e. The molecule has 1 saturated heterocycles. The molecule has 0 aromatic heterocycles. The molecule has 2 N–H and O–H groups in total. The van der Waals surface area contributed by atoms with Gasteiger partial charge >= 0.3 is 0 Å².